The number of pyridine rings is 1. The van der Waals surface area contributed by atoms with Crippen molar-refractivity contribution in [2.75, 3.05) is 31.1 Å². The van der Waals surface area contributed by atoms with E-state index in [1.165, 1.54) is 10.6 Å². The molecule has 218 valence electrons. The lowest BCUT2D eigenvalue weighted by Gasteiger charge is -2.48. The fraction of sp³-hybridized carbons (Fsp3) is 0.387. The third-order valence-electron chi connectivity index (χ3n) is 8.92. The van der Waals surface area contributed by atoms with Crippen LogP contribution >= 0.6 is 11.6 Å². The number of aromatic amines is 1. The summed E-state index contributed by atoms with van der Waals surface area (Å²) in [6.07, 6.45) is 3.40. The Morgan fingerprint density at radius 2 is 2.10 bits per heavy atom. The molecule has 2 aliphatic heterocycles. The van der Waals surface area contributed by atoms with Crippen LogP contribution in [-0.2, 0) is 11.3 Å². The van der Waals surface area contributed by atoms with Gasteiger partial charge in [-0.25, -0.2) is 4.39 Å². The molecule has 1 aliphatic carbocycles. The molecule has 4 heterocycles. The number of nitrogens with zero attached hydrogens (tertiary/aromatic N) is 4. The number of aryl methyl sites for hydroxylation is 1. The number of hydrogen-bond acceptors (Lipinski definition) is 6. The summed E-state index contributed by atoms with van der Waals surface area (Å²) >= 11 is 7.02. The number of hydrogen-bond donors (Lipinski definition) is 2. The summed E-state index contributed by atoms with van der Waals surface area (Å²) in [5, 5.41) is 9.25. The number of benzene rings is 2. The van der Waals surface area contributed by atoms with Gasteiger partial charge in [-0.2, -0.15) is 5.10 Å². The van der Waals surface area contributed by atoms with Crippen LogP contribution in [0.5, 0.6) is 5.75 Å². The Morgan fingerprint density at radius 1 is 1.31 bits per heavy atom. The number of aromatic nitrogens is 3. The predicted molar refractivity (Wildman–Crippen MR) is 162 cm³/mol. The maximum atomic E-state index is 17.2. The van der Waals surface area contributed by atoms with Crippen molar-refractivity contribution >= 4 is 45.0 Å². The van der Waals surface area contributed by atoms with Gasteiger partial charge in [0.25, 0.3) is 5.56 Å². The van der Waals surface area contributed by atoms with E-state index in [2.05, 4.69) is 21.7 Å². The van der Waals surface area contributed by atoms with Gasteiger partial charge < -0.3 is 24.8 Å². The van der Waals surface area contributed by atoms with Crippen molar-refractivity contribution in [3.8, 4) is 16.9 Å². The fourth-order valence-corrected chi connectivity index (χ4v) is 7.06. The van der Waals surface area contributed by atoms with E-state index >= 15 is 4.39 Å². The van der Waals surface area contributed by atoms with Gasteiger partial charge in [-0.15, -0.1) is 0 Å². The number of fused-ring (bicyclic) bond motifs is 6. The molecule has 0 bridgehead atoms. The first-order valence-corrected chi connectivity index (χ1v) is 14.7. The molecule has 2 aromatic carbocycles. The summed E-state index contributed by atoms with van der Waals surface area (Å²) in [5.74, 6) is -0.248. The average molecular weight is 591 g/mol. The van der Waals surface area contributed by atoms with Gasteiger partial charge in [0.1, 0.15) is 6.61 Å². The Kier molecular flexibility index (Phi) is 6.32. The molecule has 9 nitrogen and oxygen atoms in total. The van der Waals surface area contributed by atoms with Crippen LogP contribution < -0.4 is 20.9 Å². The van der Waals surface area contributed by atoms with E-state index in [0.717, 1.165) is 35.0 Å². The van der Waals surface area contributed by atoms with Gasteiger partial charge in [0.15, 0.2) is 5.82 Å². The van der Waals surface area contributed by atoms with Crippen LogP contribution in [0.4, 0.5) is 10.1 Å². The lowest BCUT2D eigenvalue weighted by Crippen LogP contribution is -2.62. The fourth-order valence-electron chi connectivity index (χ4n) is 6.77. The van der Waals surface area contributed by atoms with Crippen LogP contribution in [0.2, 0.25) is 5.02 Å². The van der Waals surface area contributed by atoms with E-state index in [4.69, 9.17) is 22.1 Å². The van der Waals surface area contributed by atoms with Crippen molar-refractivity contribution in [1.82, 2.24) is 19.7 Å². The number of ether oxygens (including phenoxy) is 1. The Hall–Kier alpha value is -3.89. The summed E-state index contributed by atoms with van der Waals surface area (Å²) in [4.78, 5) is 30.3. The van der Waals surface area contributed by atoms with Gasteiger partial charge in [-0.1, -0.05) is 24.2 Å². The van der Waals surface area contributed by atoms with E-state index in [1.54, 1.807) is 11.0 Å². The van der Waals surface area contributed by atoms with E-state index < -0.39 is 11.4 Å². The molecule has 2 fully saturated rings. The summed E-state index contributed by atoms with van der Waals surface area (Å²) in [6.45, 7) is 8.79. The second-order valence-corrected chi connectivity index (χ2v) is 12.0. The van der Waals surface area contributed by atoms with Crippen molar-refractivity contribution in [3.05, 3.63) is 63.3 Å². The monoisotopic (exact) mass is 590 g/mol. The normalized spacial score (nSPS) is 20.0. The summed E-state index contributed by atoms with van der Waals surface area (Å²) in [6, 6.07) is 5.20. The van der Waals surface area contributed by atoms with Gasteiger partial charge in [0.05, 0.1) is 27.8 Å². The minimum Gasteiger partial charge on any atom is -0.484 e. The van der Waals surface area contributed by atoms with Crippen molar-refractivity contribution < 1.29 is 13.9 Å². The molecule has 4 aromatic rings. The molecule has 2 atom stereocenters. The average Bonchev–Trinajstić information content (AvgIpc) is 3.73. The van der Waals surface area contributed by atoms with Crippen LogP contribution in [0.3, 0.4) is 0 Å². The molecule has 1 saturated carbocycles. The first-order valence-electron chi connectivity index (χ1n) is 14.3. The van der Waals surface area contributed by atoms with Gasteiger partial charge in [0, 0.05) is 65.7 Å². The highest BCUT2D eigenvalue weighted by atomic mass is 35.5. The van der Waals surface area contributed by atoms with Crippen molar-refractivity contribution in [2.24, 2.45) is 5.73 Å². The standard InChI is InChI=1S/C31H32ClFN6O3/c1-4-22(40)38-13-18-14-42-30-29(39(18)12-16(38)3)19-11-20(32)24(26(33)28(19)37(10-9-34)31(30)41)23-15(2)5-8-21-25(23)27(36-35-21)17-6-7-17/h4-5,8,11,16-18H,1,6-7,9-10,12-14,34H2,2-3H3,(H,35,36). The molecular formula is C31H32ClFN6O3. The summed E-state index contributed by atoms with van der Waals surface area (Å²) in [7, 11) is 0. The molecule has 0 radical (unpaired) electrons. The molecule has 0 spiro atoms. The van der Waals surface area contributed by atoms with Crippen LogP contribution in [-0.4, -0.2) is 63.9 Å². The zero-order chi connectivity index (χ0) is 29.4. The Balaban J connectivity index is 1.50. The predicted octanol–water partition coefficient (Wildman–Crippen LogP) is 4.47. The molecule has 2 aromatic heterocycles. The topological polar surface area (TPSA) is 109 Å². The highest BCUT2D eigenvalue weighted by Crippen LogP contribution is 2.49. The highest BCUT2D eigenvalue weighted by molar-refractivity contribution is 6.35. The second-order valence-electron chi connectivity index (χ2n) is 11.6. The number of halogens is 2. The zero-order valence-electron chi connectivity index (χ0n) is 23.5. The molecular weight excluding hydrogens is 559 g/mol. The van der Waals surface area contributed by atoms with Crippen molar-refractivity contribution in [1.29, 1.82) is 0 Å². The van der Waals surface area contributed by atoms with Crippen molar-refractivity contribution in [2.45, 2.75) is 51.2 Å². The maximum absolute atomic E-state index is 17.2. The maximum Gasteiger partial charge on any atom is 0.295 e. The van der Waals surface area contributed by atoms with Crippen LogP contribution in [0.1, 0.15) is 36.9 Å². The zero-order valence-corrected chi connectivity index (χ0v) is 24.3. The quantitative estimate of drug-likeness (QED) is 0.332. The minimum atomic E-state index is -0.583. The summed E-state index contributed by atoms with van der Waals surface area (Å²) < 4.78 is 24.6. The molecule has 7 rings (SSSR count). The number of rotatable bonds is 5. The van der Waals surface area contributed by atoms with E-state index in [0.29, 0.717) is 35.6 Å². The lowest BCUT2D eigenvalue weighted by molar-refractivity contribution is -0.129. The molecule has 1 amide bonds. The number of carbonyl (C=O) groups is 1. The SMILES string of the molecule is C=CC(=O)N1CC2COc3c(c4cc(Cl)c(-c5c(C)ccc6n[nH]c(C7CC7)c56)c(F)c4n(CCN)c3=O)N2CC1C. The van der Waals surface area contributed by atoms with Gasteiger partial charge >= 0.3 is 0 Å². The first kappa shape index (κ1) is 27.0. The van der Waals surface area contributed by atoms with Crippen molar-refractivity contribution in [3.63, 3.8) is 0 Å². The Bertz CT molecular complexity index is 1860. The van der Waals surface area contributed by atoms with E-state index in [-0.39, 0.29) is 59.5 Å². The molecule has 42 heavy (non-hydrogen) atoms. The molecule has 1 saturated heterocycles. The van der Waals surface area contributed by atoms with Gasteiger partial charge in [-0.3, -0.25) is 14.7 Å². The number of nitrogens with two attached hydrogens (primary N) is 1. The number of nitrogens with one attached hydrogen (secondary N) is 1. The molecule has 3 N–H and O–H groups in total. The number of amides is 1. The molecule has 3 aliphatic rings. The first-order chi connectivity index (χ1) is 20.2. The van der Waals surface area contributed by atoms with Crippen LogP contribution in [0.25, 0.3) is 32.9 Å². The Morgan fingerprint density at radius 3 is 2.81 bits per heavy atom. The van der Waals surface area contributed by atoms with Crippen LogP contribution in [0, 0.1) is 12.7 Å². The third-order valence-corrected chi connectivity index (χ3v) is 9.22. The number of H-pyrrole nitrogens is 1. The third kappa shape index (κ3) is 3.88. The number of anilines is 1. The smallest absolute Gasteiger partial charge is 0.295 e. The van der Waals surface area contributed by atoms with E-state index in [1.807, 2.05) is 26.0 Å². The highest BCUT2D eigenvalue weighted by Gasteiger charge is 2.41. The van der Waals surface area contributed by atoms with Gasteiger partial charge in [-0.05, 0) is 50.5 Å². The lowest BCUT2D eigenvalue weighted by atomic mass is 9.92. The van der Waals surface area contributed by atoms with Crippen LogP contribution in [0.15, 0.2) is 35.6 Å². The van der Waals surface area contributed by atoms with Gasteiger partial charge in [0.2, 0.25) is 11.7 Å². The minimum absolute atomic E-state index is 0.105. The number of piperazine rings is 1. The molecule has 2 unspecified atom stereocenters. The largest absolute Gasteiger partial charge is 0.484 e. The summed E-state index contributed by atoms with van der Waals surface area (Å²) in [5.41, 5.74) is 9.64. The molecule has 11 heteroatoms. The van der Waals surface area contributed by atoms with E-state index in [9.17, 15) is 9.59 Å². The Labute approximate surface area is 246 Å². The second kappa shape index (κ2) is 9.84. The number of carbonyl (C=O) groups excluding carboxylic acids is 1.